The maximum atomic E-state index is 4.15. The summed E-state index contributed by atoms with van der Waals surface area (Å²) in [5.41, 5.74) is 2.68. The van der Waals surface area contributed by atoms with Gasteiger partial charge in [-0.3, -0.25) is 0 Å². The van der Waals surface area contributed by atoms with Gasteiger partial charge in [-0.1, -0.05) is 47.0 Å². The lowest BCUT2D eigenvalue weighted by Crippen LogP contribution is -1.78. The van der Waals surface area contributed by atoms with E-state index in [1.807, 2.05) is 6.26 Å². The third kappa shape index (κ3) is 2.46. The summed E-state index contributed by atoms with van der Waals surface area (Å²) in [6, 6.07) is 0. The molecule has 0 aromatic carbocycles. The van der Waals surface area contributed by atoms with Crippen LogP contribution in [0.5, 0.6) is 0 Å². The summed E-state index contributed by atoms with van der Waals surface area (Å²) in [5, 5.41) is 8.24. The zero-order chi connectivity index (χ0) is 10.8. The van der Waals surface area contributed by atoms with Crippen LogP contribution in [0, 0.1) is 0 Å². The van der Waals surface area contributed by atoms with Crippen molar-refractivity contribution in [3.63, 3.8) is 0 Å². The van der Waals surface area contributed by atoms with Crippen LogP contribution in [-0.2, 0) is 0 Å². The first kappa shape index (κ1) is 11.2. The van der Waals surface area contributed by atoms with Crippen molar-refractivity contribution in [1.82, 2.24) is 10.2 Å². The Labute approximate surface area is 102 Å². The van der Waals surface area contributed by atoms with Crippen molar-refractivity contribution in [1.29, 1.82) is 0 Å². The van der Waals surface area contributed by atoms with Gasteiger partial charge in [-0.05, 0) is 31.6 Å². The highest BCUT2D eigenvalue weighted by molar-refractivity contribution is 8.05. The number of nitrogens with zero attached hydrogens (tertiary/aromatic N) is 2. The summed E-state index contributed by atoms with van der Waals surface area (Å²) in [7, 11) is 0. The Morgan fingerprint density at radius 2 is 2.00 bits per heavy atom. The van der Waals surface area contributed by atoms with Gasteiger partial charge in [-0.2, -0.15) is 0 Å². The van der Waals surface area contributed by atoms with Gasteiger partial charge < -0.3 is 0 Å². The molecule has 0 N–H and O–H groups in total. The first-order valence-corrected chi connectivity index (χ1v) is 7.49. The molecule has 0 aliphatic heterocycles. The molecular weight excluding hydrogens is 244 g/mol. The Morgan fingerprint density at radius 1 is 1.27 bits per heavy atom. The van der Waals surface area contributed by atoms with E-state index in [9.17, 15) is 0 Å². The second-order valence-corrected chi connectivity index (χ2v) is 6.64. The molecule has 0 unspecified atom stereocenters. The van der Waals surface area contributed by atoms with E-state index in [4.69, 9.17) is 0 Å². The van der Waals surface area contributed by atoms with Crippen molar-refractivity contribution in [3.8, 4) is 0 Å². The molecule has 0 amide bonds. The minimum Gasteiger partial charge on any atom is -0.131 e. The first-order valence-electron chi connectivity index (χ1n) is 4.64. The fourth-order valence-corrected chi connectivity index (χ4v) is 4.03. The minimum absolute atomic E-state index is 1.02. The zero-order valence-corrected chi connectivity index (χ0v) is 11.2. The van der Waals surface area contributed by atoms with E-state index >= 15 is 0 Å². The van der Waals surface area contributed by atoms with E-state index < -0.39 is 0 Å². The molecule has 0 saturated heterocycles. The third-order valence-electron chi connectivity index (χ3n) is 2.26. The van der Waals surface area contributed by atoms with Crippen molar-refractivity contribution in [2.45, 2.75) is 28.4 Å². The van der Waals surface area contributed by atoms with Crippen LogP contribution in [0.3, 0.4) is 0 Å². The Balaban J connectivity index is 2.15. The summed E-state index contributed by atoms with van der Waals surface area (Å²) in [6.07, 6.45) is 4.27. The van der Waals surface area contributed by atoms with Crippen molar-refractivity contribution in [3.05, 3.63) is 22.6 Å². The number of hydrogen-bond donors (Lipinski definition) is 0. The predicted molar refractivity (Wildman–Crippen MR) is 68.6 cm³/mol. The molecule has 1 aromatic heterocycles. The van der Waals surface area contributed by atoms with Crippen molar-refractivity contribution < 1.29 is 0 Å². The molecule has 5 heteroatoms. The highest BCUT2D eigenvalue weighted by Crippen LogP contribution is 2.42. The van der Waals surface area contributed by atoms with Gasteiger partial charge in [-0.15, -0.1) is 10.2 Å². The monoisotopic (exact) mass is 256 g/mol. The van der Waals surface area contributed by atoms with E-state index in [1.54, 1.807) is 34.9 Å². The van der Waals surface area contributed by atoms with Crippen LogP contribution >= 0.6 is 34.9 Å². The lowest BCUT2D eigenvalue weighted by atomic mass is 10.2. The maximum absolute atomic E-state index is 4.15. The Morgan fingerprint density at radius 3 is 2.53 bits per heavy atom. The van der Waals surface area contributed by atoms with Gasteiger partial charge >= 0.3 is 0 Å². The molecule has 0 spiro atoms. The molecule has 0 bridgehead atoms. The molecule has 0 fully saturated rings. The highest BCUT2D eigenvalue weighted by atomic mass is 32.2. The molecule has 0 saturated carbocycles. The van der Waals surface area contributed by atoms with Crippen LogP contribution in [-0.4, -0.2) is 16.5 Å². The van der Waals surface area contributed by atoms with Crippen LogP contribution in [0.2, 0.25) is 0 Å². The van der Waals surface area contributed by atoms with Gasteiger partial charge in [0.25, 0.3) is 0 Å². The van der Waals surface area contributed by atoms with Crippen LogP contribution in [0.1, 0.15) is 19.8 Å². The van der Waals surface area contributed by atoms with Crippen molar-refractivity contribution >= 4 is 34.9 Å². The summed E-state index contributed by atoms with van der Waals surface area (Å²) in [4.78, 5) is 1.32. The second kappa shape index (κ2) is 4.72. The fraction of sp³-hybridized carbons (Fsp3) is 0.400. The molecule has 1 heterocycles. The standard InChI is InChI=1S/C10H12N2S3/c1-6-4-5-7(2)8(6)14-10-12-11-9(13-3)15-10/h1,4-5H2,2-3H3. The lowest BCUT2D eigenvalue weighted by molar-refractivity contribution is 0.957. The maximum Gasteiger partial charge on any atom is 0.179 e. The molecule has 80 valence electrons. The molecule has 1 aliphatic rings. The average molecular weight is 256 g/mol. The Bertz CT molecular complexity index is 420. The van der Waals surface area contributed by atoms with Crippen LogP contribution < -0.4 is 0 Å². The van der Waals surface area contributed by atoms with Gasteiger partial charge in [0.2, 0.25) is 0 Å². The highest BCUT2D eigenvalue weighted by Gasteiger charge is 2.17. The molecule has 2 nitrogen and oxygen atoms in total. The molecule has 0 radical (unpaired) electrons. The summed E-state index contributed by atoms with van der Waals surface area (Å²) in [6.45, 7) is 6.26. The van der Waals surface area contributed by atoms with Crippen molar-refractivity contribution in [2.75, 3.05) is 6.26 Å². The smallest absolute Gasteiger partial charge is 0.131 e. The topological polar surface area (TPSA) is 25.8 Å². The number of thioether (sulfide) groups is 2. The summed E-state index contributed by atoms with van der Waals surface area (Å²) in [5.74, 6) is 0. The van der Waals surface area contributed by atoms with Crippen LogP contribution in [0.15, 0.2) is 31.3 Å². The van der Waals surface area contributed by atoms with E-state index in [1.165, 1.54) is 16.1 Å². The van der Waals surface area contributed by atoms with Gasteiger partial charge in [-0.25, -0.2) is 0 Å². The first-order chi connectivity index (χ1) is 7.20. The zero-order valence-electron chi connectivity index (χ0n) is 8.74. The number of hydrogen-bond acceptors (Lipinski definition) is 5. The number of aromatic nitrogens is 2. The van der Waals surface area contributed by atoms with E-state index in [2.05, 4.69) is 23.7 Å². The van der Waals surface area contributed by atoms with Gasteiger partial charge in [0.15, 0.2) is 8.68 Å². The van der Waals surface area contributed by atoms with E-state index in [-0.39, 0.29) is 0 Å². The molecule has 1 aromatic rings. The quantitative estimate of drug-likeness (QED) is 0.764. The average Bonchev–Trinajstić information content (AvgIpc) is 2.80. The normalized spacial score (nSPS) is 16.5. The third-order valence-corrected chi connectivity index (χ3v) is 5.55. The molecule has 15 heavy (non-hydrogen) atoms. The Kier molecular flexibility index (Phi) is 3.53. The fourth-order valence-electron chi connectivity index (χ4n) is 1.43. The molecular formula is C10H12N2S3. The minimum atomic E-state index is 1.02. The number of rotatable bonds is 3. The molecule has 0 atom stereocenters. The largest absolute Gasteiger partial charge is 0.179 e. The lowest BCUT2D eigenvalue weighted by Gasteiger charge is -2.00. The summed E-state index contributed by atoms with van der Waals surface area (Å²) < 4.78 is 2.05. The van der Waals surface area contributed by atoms with Crippen molar-refractivity contribution in [2.24, 2.45) is 0 Å². The van der Waals surface area contributed by atoms with Crippen LogP contribution in [0.25, 0.3) is 0 Å². The van der Waals surface area contributed by atoms with E-state index in [0.717, 1.165) is 21.5 Å². The number of allylic oxidation sites excluding steroid dienone is 2. The SMILES string of the molecule is C=C1CCC(C)=C1Sc1nnc(SC)s1. The van der Waals surface area contributed by atoms with Gasteiger partial charge in [0, 0.05) is 4.91 Å². The second-order valence-electron chi connectivity index (χ2n) is 3.35. The Hall–Kier alpha value is -0.260. The molecule has 2 rings (SSSR count). The molecule has 1 aliphatic carbocycles. The van der Waals surface area contributed by atoms with Gasteiger partial charge in [0.1, 0.15) is 0 Å². The summed E-state index contributed by atoms with van der Waals surface area (Å²) >= 11 is 5.01. The van der Waals surface area contributed by atoms with Crippen LogP contribution in [0.4, 0.5) is 0 Å². The predicted octanol–water partition coefficient (Wildman–Crippen LogP) is 3.98. The van der Waals surface area contributed by atoms with Gasteiger partial charge in [0.05, 0.1) is 0 Å². The van der Waals surface area contributed by atoms with E-state index in [0.29, 0.717) is 0 Å².